The Labute approximate surface area is 95.6 Å². The highest BCUT2D eigenvalue weighted by molar-refractivity contribution is 5.80. The lowest BCUT2D eigenvalue weighted by molar-refractivity contribution is -0.141. The van der Waals surface area contributed by atoms with Crippen LogP contribution in [0.15, 0.2) is 0 Å². The largest absolute Gasteiger partial charge is 0.481 e. The van der Waals surface area contributed by atoms with Gasteiger partial charge in [-0.05, 0) is 12.8 Å². The molecule has 1 amide bonds. The first-order valence-electron chi connectivity index (χ1n) is 5.75. The van der Waals surface area contributed by atoms with Crippen LogP contribution in [0.5, 0.6) is 0 Å². The number of hydrogen-bond donors (Lipinski definition) is 2. The Kier molecular flexibility index (Phi) is 4.73. The zero-order chi connectivity index (χ0) is 12.1. The number of hydrogen-bond acceptors (Lipinski definition) is 3. The van der Waals surface area contributed by atoms with Gasteiger partial charge in [-0.15, -0.1) is 0 Å². The molecule has 16 heavy (non-hydrogen) atoms. The Hall–Kier alpha value is -1.10. The molecule has 1 aliphatic carbocycles. The lowest BCUT2D eigenvalue weighted by atomic mass is 9.90. The van der Waals surface area contributed by atoms with E-state index in [0.717, 1.165) is 25.7 Å². The van der Waals surface area contributed by atoms with Crippen LogP contribution in [0.25, 0.3) is 0 Å². The van der Waals surface area contributed by atoms with E-state index < -0.39 is 5.97 Å². The third kappa shape index (κ3) is 3.48. The van der Waals surface area contributed by atoms with Gasteiger partial charge in [-0.2, -0.15) is 0 Å². The molecule has 92 valence electrons. The minimum atomic E-state index is -0.935. The van der Waals surface area contributed by atoms with E-state index in [0.29, 0.717) is 0 Å². The van der Waals surface area contributed by atoms with Crippen LogP contribution in [0.2, 0.25) is 0 Å². The summed E-state index contributed by atoms with van der Waals surface area (Å²) < 4.78 is 0. The summed E-state index contributed by atoms with van der Waals surface area (Å²) in [5.74, 6) is -1.06. The van der Waals surface area contributed by atoms with Gasteiger partial charge in [0.05, 0.1) is 6.42 Å². The molecule has 0 aromatic carbocycles. The van der Waals surface area contributed by atoms with E-state index >= 15 is 0 Å². The van der Waals surface area contributed by atoms with Crippen molar-refractivity contribution in [2.24, 2.45) is 5.73 Å². The average Bonchev–Trinajstić information content (AvgIpc) is 2.25. The standard InChI is InChI=1S/C11H20N2O3/c1-13(10(14)6-7-11(15)16)9-5-3-2-4-8(9)12/h8-9H,2-7,12H2,1H3,(H,15,16)/t8-,9-/m0/s1. The van der Waals surface area contributed by atoms with Gasteiger partial charge in [0, 0.05) is 25.6 Å². The summed E-state index contributed by atoms with van der Waals surface area (Å²) in [6, 6.07) is 0.113. The van der Waals surface area contributed by atoms with Gasteiger partial charge in [0.1, 0.15) is 0 Å². The molecule has 3 N–H and O–H groups in total. The molecule has 0 spiro atoms. The highest BCUT2D eigenvalue weighted by Gasteiger charge is 2.28. The van der Waals surface area contributed by atoms with Crippen LogP contribution in [0, 0.1) is 0 Å². The molecule has 0 bridgehead atoms. The summed E-state index contributed by atoms with van der Waals surface area (Å²) in [6.07, 6.45) is 4.04. The van der Waals surface area contributed by atoms with Crippen molar-refractivity contribution in [1.29, 1.82) is 0 Å². The highest BCUT2D eigenvalue weighted by Crippen LogP contribution is 2.21. The number of aliphatic carboxylic acids is 1. The van der Waals surface area contributed by atoms with Crippen molar-refractivity contribution < 1.29 is 14.7 Å². The van der Waals surface area contributed by atoms with Crippen molar-refractivity contribution in [1.82, 2.24) is 4.90 Å². The second-order valence-electron chi connectivity index (χ2n) is 4.41. The quantitative estimate of drug-likeness (QED) is 0.737. The van der Waals surface area contributed by atoms with Crippen LogP contribution >= 0.6 is 0 Å². The predicted octanol–water partition coefficient (Wildman–Crippen LogP) is 0.579. The maximum Gasteiger partial charge on any atom is 0.303 e. The Morgan fingerprint density at radius 1 is 1.31 bits per heavy atom. The average molecular weight is 228 g/mol. The fourth-order valence-corrected chi connectivity index (χ4v) is 2.20. The molecule has 0 radical (unpaired) electrons. The van der Waals surface area contributed by atoms with Gasteiger partial charge in [-0.3, -0.25) is 9.59 Å². The van der Waals surface area contributed by atoms with Gasteiger partial charge in [0.25, 0.3) is 0 Å². The summed E-state index contributed by atoms with van der Waals surface area (Å²) in [5, 5.41) is 8.51. The van der Waals surface area contributed by atoms with Crippen molar-refractivity contribution in [2.45, 2.75) is 50.6 Å². The van der Waals surface area contributed by atoms with E-state index in [9.17, 15) is 9.59 Å². The molecular formula is C11H20N2O3. The zero-order valence-electron chi connectivity index (χ0n) is 9.69. The first-order chi connectivity index (χ1) is 7.52. The lowest BCUT2D eigenvalue weighted by Crippen LogP contribution is -2.50. The topological polar surface area (TPSA) is 83.6 Å². The normalized spacial score (nSPS) is 25.1. The molecule has 5 heteroatoms. The molecule has 5 nitrogen and oxygen atoms in total. The Morgan fingerprint density at radius 3 is 2.50 bits per heavy atom. The van der Waals surface area contributed by atoms with Crippen LogP contribution in [0.3, 0.4) is 0 Å². The highest BCUT2D eigenvalue weighted by atomic mass is 16.4. The van der Waals surface area contributed by atoms with Crippen molar-refractivity contribution in [3.8, 4) is 0 Å². The van der Waals surface area contributed by atoms with Crippen LogP contribution in [0.1, 0.15) is 38.5 Å². The van der Waals surface area contributed by atoms with E-state index in [2.05, 4.69) is 0 Å². The number of nitrogens with zero attached hydrogens (tertiary/aromatic N) is 1. The Balaban J connectivity index is 2.45. The molecule has 1 fully saturated rings. The van der Waals surface area contributed by atoms with Crippen molar-refractivity contribution in [3.05, 3.63) is 0 Å². The fraction of sp³-hybridized carbons (Fsp3) is 0.818. The Bertz CT molecular complexity index is 268. The number of carboxylic acids is 1. The minimum absolute atomic E-state index is 0.0347. The number of carbonyl (C=O) groups is 2. The monoisotopic (exact) mass is 228 g/mol. The summed E-state index contributed by atoms with van der Waals surface area (Å²) in [4.78, 5) is 23.7. The molecule has 0 aromatic rings. The van der Waals surface area contributed by atoms with E-state index in [1.165, 1.54) is 0 Å². The van der Waals surface area contributed by atoms with Crippen LogP contribution in [0.4, 0.5) is 0 Å². The zero-order valence-corrected chi connectivity index (χ0v) is 9.69. The number of carboxylic acid groups (broad SMARTS) is 1. The van der Waals surface area contributed by atoms with Crippen LogP contribution in [-0.2, 0) is 9.59 Å². The molecule has 1 saturated carbocycles. The minimum Gasteiger partial charge on any atom is -0.481 e. The van der Waals surface area contributed by atoms with Gasteiger partial charge in [-0.1, -0.05) is 12.8 Å². The van der Waals surface area contributed by atoms with E-state index in [1.807, 2.05) is 0 Å². The predicted molar refractivity (Wildman–Crippen MR) is 59.9 cm³/mol. The van der Waals surface area contributed by atoms with E-state index in [4.69, 9.17) is 10.8 Å². The van der Waals surface area contributed by atoms with Crippen molar-refractivity contribution in [2.75, 3.05) is 7.05 Å². The third-order valence-electron chi connectivity index (χ3n) is 3.23. The van der Waals surface area contributed by atoms with E-state index in [1.54, 1.807) is 11.9 Å². The molecule has 2 atom stereocenters. The third-order valence-corrected chi connectivity index (χ3v) is 3.23. The number of carbonyl (C=O) groups excluding carboxylic acids is 1. The smallest absolute Gasteiger partial charge is 0.303 e. The number of nitrogens with two attached hydrogens (primary N) is 1. The summed E-state index contributed by atoms with van der Waals surface area (Å²) in [6.45, 7) is 0. The molecular weight excluding hydrogens is 208 g/mol. The van der Waals surface area contributed by atoms with Gasteiger partial charge in [0.15, 0.2) is 0 Å². The fourth-order valence-electron chi connectivity index (χ4n) is 2.20. The lowest BCUT2D eigenvalue weighted by Gasteiger charge is -2.36. The molecule has 1 rings (SSSR count). The number of amides is 1. The van der Waals surface area contributed by atoms with Gasteiger partial charge in [-0.25, -0.2) is 0 Å². The van der Waals surface area contributed by atoms with Crippen LogP contribution < -0.4 is 5.73 Å². The molecule has 1 aliphatic rings. The summed E-state index contributed by atoms with van der Waals surface area (Å²) >= 11 is 0. The van der Waals surface area contributed by atoms with Gasteiger partial charge >= 0.3 is 5.97 Å². The maximum absolute atomic E-state index is 11.7. The summed E-state index contributed by atoms with van der Waals surface area (Å²) in [5.41, 5.74) is 5.96. The second kappa shape index (κ2) is 5.84. The Morgan fingerprint density at radius 2 is 1.94 bits per heavy atom. The second-order valence-corrected chi connectivity index (χ2v) is 4.41. The van der Waals surface area contributed by atoms with Crippen LogP contribution in [-0.4, -0.2) is 41.0 Å². The first-order valence-corrected chi connectivity index (χ1v) is 5.75. The first kappa shape index (κ1) is 13.0. The maximum atomic E-state index is 11.7. The van der Waals surface area contributed by atoms with Crippen molar-refractivity contribution >= 4 is 11.9 Å². The number of likely N-dealkylation sites (N-methyl/N-ethyl adjacent to an activating group) is 1. The molecule has 0 unspecified atom stereocenters. The SMILES string of the molecule is CN(C(=O)CCC(=O)O)[C@H]1CCCC[C@@H]1N. The van der Waals surface area contributed by atoms with Gasteiger partial charge in [0.2, 0.25) is 5.91 Å². The molecule has 0 saturated heterocycles. The molecule has 0 heterocycles. The molecule has 0 aliphatic heterocycles. The van der Waals surface area contributed by atoms with E-state index in [-0.39, 0.29) is 30.8 Å². The summed E-state index contributed by atoms with van der Waals surface area (Å²) in [7, 11) is 1.72. The van der Waals surface area contributed by atoms with Crippen molar-refractivity contribution in [3.63, 3.8) is 0 Å². The number of rotatable bonds is 4. The molecule has 0 aromatic heterocycles. The van der Waals surface area contributed by atoms with Gasteiger partial charge < -0.3 is 15.7 Å².